The highest BCUT2D eigenvalue weighted by atomic mass is 79.9. The Morgan fingerprint density at radius 1 is 1.37 bits per heavy atom. The average molecular weight is 323 g/mol. The van der Waals surface area contributed by atoms with Crippen molar-refractivity contribution < 1.29 is 9.53 Å². The number of anilines is 1. The van der Waals surface area contributed by atoms with Crippen molar-refractivity contribution in [1.29, 1.82) is 0 Å². The van der Waals surface area contributed by atoms with Crippen LogP contribution in [0, 0.1) is 0 Å². The van der Waals surface area contributed by atoms with Gasteiger partial charge in [-0.05, 0) is 19.1 Å². The number of nitrogens with zero attached hydrogens (tertiary/aromatic N) is 2. The van der Waals surface area contributed by atoms with Gasteiger partial charge in [0.2, 0.25) is 0 Å². The van der Waals surface area contributed by atoms with Gasteiger partial charge in [0.05, 0.1) is 7.11 Å². The Bertz CT molecular complexity index is 601. The van der Waals surface area contributed by atoms with E-state index in [0.29, 0.717) is 6.54 Å². The molecule has 0 aliphatic carbocycles. The van der Waals surface area contributed by atoms with Gasteiger partial charge in [0.1, 0.15) is 12.4 Å². The van der Waals surface area contributed by atoms with Gasteiger partial charge in [-0.1, -0.05) is 28.1 Å². The third kappa shape index (κ3) is 2.87. The summed E-state index contributed by atoms with van der Waals surface area (Å²) in [5.74, 6) is 0.530. The summed E-state index contributed by atoms with van der Waals surface area (Å²) in [5.41, 5.74) is 0. The molecule has 19 heavy (non-hydrogen) atoms. The molecule has 0 N–H and O–H groups in total. The molecule has 0 amide bonds. The van der Waals surface area contributed by atoms with Crippen molar-refractivity contribution in [3.05, 3.63) is 34.9 Å². The first kappa shape index (κ1) is 13.8. The molecule has 1 aromatic carbocycles. The lowest BCUT2D eigenvalue weighted by molar-refractivity contribution is -0.138. The van der Waals surface area contributed by atoms with Gasteiger partial charge in [0.15, 0.2) is 0 Å². The second-order valence-electron chi connectivity index (χ2n) is 4.06. The van der Waals surface area contributed by atoms with E-state index in [1.54, 1.807) is 6.20 Å². The summed E-state index contributed by atoms with van der Waals surface area (Å²) in [6.45, 7) is 2.88. The van der Waals surface area contributed by atoms with Gasteiger partial charge < -0.3 is 9.64 Å². The van der Waals surface area contributed by atoms with Crippen molar-refractivity contribution in [2.24, 2.45) is 0 Å². The standard InChI is InChI=1S/C14H15BrN2O2/c1-3-17(9-13(18)19-2)14-11-5-4-6-12(15)10(11)7-8-16-14/h4-8H,3,9H2,1-2H3. The molecule has 1 aromatic heterocycles. The highest BCUT2D eigenvalue weighted by Crippen LogP contribution is 2.29. The fourth-order valence-corrected chi connectivity index (χ4v) is 2.46. The van der Waals surface area contributed by atoms with Gasteiger partial charge in [0.25, 0.3) is 0 Å². The van der Waals surface area contributed by atoms with Crippen molar-refractivity contribution in [2.75, 3.05) is 25.1 Å². The van der Waals surface area contributed by atoms with Gasteiger partial charge in [-0.15, -0.1) is 0 Å². The fourth-order valence-electron chi connectivity index (χ4n) is 1.96. The Balaban J connectivity index is 2.48. The summed E-state index contributed by atoms with van der Waals surface area (Å²) in [6, 6.07) is 7.91. The number of ether oxygens (including phenoxy) is 1. The molecule has 0 fully saturated rings. The molecular weight excluding hydrogens is 308 g/mol. The van der Waals surface area contributed by atoms with E-state index in [1.807, 2.05) is 36.1 Å². The van der Waals surface area contributed by atoms with E-state index in [0.717, 1.165) is 21.1 Å². The maximum Gasteiger partial charge on any atom is 0.325 e. The molecule has 2 aromatic rings. The molecule has 0 atom stereocenters. The van der Waals surface area contributed by atoms with Crippen LogP contribution in [0.5, 0.6) is 0 Å². The summed E-state index contributed by atoms with van der Waals surface area (Å²) in [6.07, 6.45) is 1.75. The highest BCUT2D eigenvalue weighted by Gasteiger charge is 2.14. The molecule has 0 bridgehead atoms. The van der Waals surface area contributed by atoms with E-state index in [9.17, 15) is 4.79 Å². The quantitative estimate of drug-likeness (QED) is 0.811. The van der Waals surface area contributed by atoms with Crippen LogP contribution < -0.4 is 4.90 Å². The third-order valence-corrected chi connectivity index (χ3v) is 3.65. The van der Waals surface area contributed by atoms with Gasteiger partial charge >= 0.3 is 5.97 Å². The normalized spacial score (nSPS) is 10.5. The van der Waals surface area contributed by atoms with Crippen LogP contribution in [0.25, 0.3) is 10.8 Å². The van der Waals surface area contributed by atoms with Crippen LogP contribution in [0.15, 0.2) is 34.9 Å². The number of hydrogen-bond acceptors (Lipinski definition) is 4. The first-order valence-corrected chi connectivity index (χ1v) is 6.81. The summed E-state index contributed by atoms with van der Waals surface area (Å²) in [4.78, 5) is 17.8. The van der Waals surface area contributed by atoms with Crippen LogP contribution in [-0.2, 0) is 9.53 Å². The Morgan fingerprint density at radius 3 is 2.84 bits per heavy atom. The van der Waals surface area contributed by atoms with E-state index >= 15 is 0 Å². The van der Waals surface area contributed by atoms with Gasteiger partial charge in [-0.3, -0.25) is 4.79 Å². The maximum atomic E-state index is 11.5. The Morgan fingerprint density at radius 2 is 2.16 bits per heavy atom. The van der Waals surface area contributed by atoms with Crippen molar-refractivity contribution in [2.45, 2.75) is 6.92 Å². The zero-order chi connectivity index (χ0) is 13.8. The molecular formula is C14H15BrN2O2. The number of carbonyl (C=O) groups excluding carboxylic acids is 1. The number of pyridine rings is 1. The number of hydrogen-bond donors (Lipinski definition) is 0. The number of fused-ring (bicyclic) bond motifs is 1. The molecule has 0 aliphatic heterocycles. The Hall–Kier alpha value is -1.62. The molecule has 0 spiro atoms. The van der Waals surface area contributed by atoms with Crippen molar-refractivity contribution in [3.63, 3.8) is 0 Å². The summed E-state index contributed by atoms with van der Waals surface area (Å²) < 4.78 is 5.74. The number of halogens is 1. The number of benzene rings is 1. The van der Waals surface area contributed by atoms with E-state index in [1.165, 1.54) is 7.11 Å². The lowest BCUT2D eigenvalue weighted by Gasteiger charge is -2.22. The number of methoxy groups -OCH3 is 1. The molecule has 0 saturated carbocycles. The van der Waals surface area contributed by atoms with Crippen LogP contribution in [0.2, 0.25) is 0 Å². The van der Waals surface area contributed by atoms with Crippen LogP contribution >= 0.6 is 15.9 Å². The molecule has 100 valence electrons. The monoisotopic (exact) mass is 322 g/mol. The topological polar surface area (TPSA) is 42.4 Å². The van der Waals surface area contributed by atoms with Gasteiger partial charge in [-0.25, -0.2) is 4.98 Å². The minimum absolute atomic E-state index is 0.200. The molecule has 0 saturated heterocycles. The Labute approximate surface area is 120 Å². The minimum Gasteiger partial charge on any atom is -0.468 e. The SMILES string of the molecule is CCN(CC(=O)OC)c1nccc2c(Br)cccc12. The predicted molar refractivity (Wildman–Crippen MR) is 79.3 cm³/mol. The van der Waals surface area contributed by atoms with Gasteiger partial charge in [-0.2, -0.15) is 0 Å². The van der Waals surface area contributed by atoms with E-state index < -0.39 is 0 Å². The van der Waals surface area contributed by atoms with Crippen LogP contribution in [-0.4, -0.2) is 31.2 Å². The van der Waals surface area contributed by atoms with Crippen LogP contribution in [0.3, 0.4) is 0 Å². The number of rotatable bonds is 4. The average Bonchev–Trinajstić information content (AvgIpc) is 2.44. The van der Waals surface area contributed by atoms with E-state index in [-0.39, 0.29) is 12.5 Å². The number of aromatic nitrogens is 1. The number of carbonyl (C=O) groups is 1. The lowest BCUT2D eigenvalue weighted by Crippen LogP contribution is -2.31. The van der Waals surface area contributed by atoms with Crippen LogP contribution in [0.1, 0.15) is 6.92 Å². The van der Waals surface area contributed by atoms with Gasteiger partial charge in [0, 0.05) is 28.0 Å². The summed E-state index contributed by atoms with van der Waals surface area (Å²) in [7, 11) is 1.39. The number of likely N-dealkylation sites (N-methyl/N-ethyl adjacent to an activating group) is 1. The van der Waals surface area contributed by atoms with Crippen LogP contribution in [0.4, 0.5) is 5.82 Å². The summed E-state index contributed by atoms with van der Waals surface area (Å²) >= 11 is 3.53. The second-order valence-corrected chi connectivity index (χ2v) is 4.91. The van der Waals surface area contributed by atoms with Crippen molar-refractivity contribution >= 4 is 38.5 Å². The zero-order valence-corrected chi connectivity index (χ0v) is 12.5. The van der Waals surface area contributed by atoms with E-state index in [4.69, 9.17) is 4.74 Å². The highest BCUT2D eigenvalue weighted by molar-refractivity contribution is 9.10. The van der Waals surface area contributed by atoms with Crippen molar-refractivity contribution in [1.82, 2.24) is 4.98 Å². The predicted octanol–water partition coefficient (Wildman–Crippen LogP) is 3.00. The fraction of sp³-hybridized carbons (Fsp3) is 0.286. The smallest absolute Gasteiger partial charge is 0.325 e. The molecule has 0 unspecified atom stereocenters. The Kier molecular flexibility index (Phi) is 4.37. The molecule has 5 heteroatoms. The lowest BCUT2D eigenvalue weighted by atomic mass is 10.1. The maximum absolute atomic E-state index is 11.5. The molecule has 0 aliphatic rings. The molecule has 4 nitrogen and oxygen atoms in total. The molecule has 2 rings (SSSR count). The molecule has 1 heterocycles. The first-order chi connectivity index (χ1) is 9.17. The summed E-state index contributed by atoms with van der Waals surface area (Å²) in [5, 5.41) is 2.10. The number of esters is 1. The zero-order valence-electron chi connectivity index (χ0n) is 10.9. The second kappa shape index (κ2) is 6.02. The minimum atomic E-state index is -0.268. The third-order valence-electron chi connectivity index (χ3n) is 2.96. The van der Waals surface area contributed by atoms with Crippen molar-refractivity contribution in [3.8, 4) is 0 Å². The first-order valence-electron chi connectivity index (χ1n) is 6.02. The molecule has 0 radical (unpaired) electrons. The van der Waals surface area contributed by atoms with E-state index in [2.05, 4.69) is 20.9 Å². The largest absolute Gasteiger partial charge is 0.468 e.